The lowest BCUT2D eigenvalue weighted by atomic mass is 10.1. The number of hydrogen-bond donors (Lipinski definition) is 1. The predicted octanol–water partition coefficient (Wildman–Crippen LogP) is 5.59. The topological polar surface area (TPSA) is 77.0 Å². The third-order valence-corrected chi connectivity index (χ3v) is 2.63. The molecule has 4 nitrogen and oxygen atoms in total. The summed E-state index contributed by atoms with van der Waals surface area (Å²) in [5.74, 6) is 0. The van der Waals surface area contributed by atoms with Crippen molar-refractivity contribution in [3.63, 3.8) is 0 Å². The largest absolute Gasteiger partial charge is 0.392 e. The molecule has 0 fully saturated rings. The molecule has 2 rings (SSSR count). The van der Waals surface area contributed by atoms with Gasteiger partial charge >= 0.3 is 0 Å². The molecule has 0 radical (unpaired) electrons. The Kier molecular flexibility index (Phi) is 19.3. The van der Waals surface area contributed by atoms with E-state index in [0.29, 0.717) is 17.7 Å². The molecule has 0 saturated carbocycles. The molecule has 2 aromatic rings. The Bertz CT molecular complexity index is 666. The van der Waals surface area contributed by atoms with Crippen LogP contribution < -0.4 is 0 Å². The van der Waals surface area contributed by atoms with Crippen LogP contribution in [0.1, 0.15) is 62.8 Å². The monoisotopic (exact) mass is 368 g/mol. The maximum absolute atomic E-state index is 8.62. The zero-order valence-corrected chi connectivity index (χ0v) is 17.2. The highest BCUT2D eigenvalue weighted by molar-refractivity contribution is 5.32. The molecule has 1 N–H and O–H groups in total. The summed E-state index contributed by atoms with van der Waals surface area (Å²) in [7, 11) is 1.64. The van der Waals surface area contributed by atoms with Crippen LogP contribution in [0, 0.1) is 22.7 Å². The zero-order chi connectivity index (χ0) is 20.9. The molecule has 0 aliphatic rings. The molecule has 0 amide bonds. The molecule has 146 valence electrons. The second kappa shape index (κ2) is 19.7. The summed E-state index contributed by atoms with van der Waals surface area (Å²) in [6, 6.07) is 18.3. The average molecular weight is 369 g/mol. The molecule has 0 aliphatic carbocycles. The first-order chi connectivity index (χ1) is 13.1. The number of hydrogen-bond acceptors (Lipinski definition) is 4. The van der Waals surface area contributed by atoms with Crippen molar-refractivity contribution in [2.45, 2.75) is 53.8 Å². The van der Waals surface area contributed by atoms with Gasteiger partial charge < -0.3 is 9.84 Å². The molecule has 0 aliphatic heterocycles. The van der Waals surface area contributed by atoms with E-state index in [1.54, 1.807) is 37.4 Å². The SMILES string of the molecule is CCC.CCC.COCc1cccc(C#N)c1.N#Cc1ccc(CO)cc1. The van der Waals surface area contributed by atoms with Gasteiger partial charge in [-0.3, -0.25) is 0 Å². The van der Waals surface area contributed by atoms with Crippen LogP contribution in [0.5, 0.6) is 0 Å². The first-order valence-corrected chi connectivity index (χ1v) is 9.14. The molecule has 27 heavy (non-hydrogen) atoms. The number of methoxy groups -OCH3 is 1. The summed E-state index contributed by atoms with van der Waals surface area (Å²) in [6.07, 6.45) is 2.50. The number of aliphatic hydroxyl groups is 1. The number of ether oxygens (including phenoxy) is 1. The highest BCUT2D eigenvalue weighted by Gasteiger charge is 1.92. The van der Waals surface area contributed by atoms with Gasteiger partial charge in [-0.2, -0.15) is 10.5 Å². The van der Waals surface area contributed by atoms with Crippen LogP contribution in [0.4, 0.5) is 0 Å². The van der Waals surface area contributed by atoms with Crippen molar-refractivity contribution in [1.29, 1.82) is 10.5 Å². The van der Waals surface area contributed by atoms with Crippen LogP contribution in [0.2, 0.25) is 0 Å². The molecule has 0 heterocycles. The summed E-state index contributed by atoms with van der Waals surface area (Å²) < 4.78 is 4.92. The van der Waals surface area contributed by atoms with Crippen LogP contribution in [0.3, 0.4) is 0 Å². The van der Waals surface area contributed by atoms with E-state index in [-0.39, 0.29) is 6.61 Å². The van der Waals surface area contributed by atoms with Gasteiger partial charge in [0, 0.05) is 7.11 Å². The van der Waals surface area contributed by atoms with Crippen LogP contribution in [0.25, 0.3) is 0 Å². The number of rotatable bonds is 3. The highest BCUT2D eigenvalue weighted by atomic mass is 16.5. The van der Waals surface area contributed by atoms with E-state index in [2.05, 4.69) is 33.8 Å². The summed E-state index contributed by atoms with van der Waals surface area (Å²) in [5, 5.41) is 25.5. The van der Waals surface area contributed by atoms with E-state index in [1.807, 2.05) is 24.3 Å². The highest BCUT2D eigenvalue weighted by Crippen LogP contribution is 2.04. The maximum Gasteiger partial charge on any atom is 0.0991 e. The number of nitriles is 2. The van der Waals surface area contributed by atoms with E-state index in [9.17, 15) is 0 Å². The first-order valence-electron chi connectivity index (χ1n) is 9.14. The fourth-order valence-corrected chi connectivity index (χ4v) is 1.58. The fourth-order valence-electron chi connectivity index (χ4n) is 1.58. The Hall–Kier alpha value is -2.66. The van der Waals surface area contributed by atoms with Gasteiger partial charge in [0.2, 0.25) is 0 Å². The van der Waals surface area contributed by atoms with Gasteiger partial charge in [-0.15, -0.1) is 0 Å². The second-order valence-corrected chi connectivity index (χ2v) is 5.63. The van der Waals surface area contributed by atoms with Crippen molar-refractivity contribution in [2.24, 2.45) is 0 Å². The Morgan fingerprint density at radius 3 is 1.74 bits per heavy atom. The van der Waals surface area contributed by atoms with E-state index in [0.717, 1.165) is 11.1 Å². The van der Waals surface area contributed by atoms with Crippen molar-refractivity contribution in [3.8, 4) is 12.1 Å². The average Bonchev–Trinajstić information content (AvgIpc) is 2.70. The fraction of sp³-hybridized carbons (Fsp3) is 0.391. The summed E-state index contributed by atoms with van der Waals surface area (Å²) in [4.78, 5) is 0. The summed E-state index contributed by atoms with van der Waals surface area (Å²) in [5.41, 5.74) is 3.17. The number of aliphatic hydroxyl groups excluding tert-OH is 1. The number of nitrogens with zero attached hydrogens (tertiary/aromatic N) is 2. The van der Waals surface area contributed by atoms with E-state index in [1.165, 1.54) is 12.8 Å². The van der Waals surface area contributed by atoms with Gasteiger partial charge in [0.25, 0.3) is 0 Å². The van der Waals surface area contributed by atoms with Crippen molar-refractivity contribution in [3.05, 3.63) is 70.8 Å². The van der Waals surface area contributed by atoms with Crippen molar-refractivity contribution in [2.75, 3.05) is 7.11 Å². The third kappa shape index (κ3) is 15.3. The lowest BCUT2D eigenvalue weighted by Gasteiger charge is -1.97. The Morgan fingerprint density at radius 1 is 0.815 bits per heavy atom. The van der Waals surface area contributed by atoms with Gasteiger partial charge in [0.1, 0.15) is 0 Å². The molecule has 0 saturated heterocycles. The summed E-state index contributed by atoms with van der Waals surface area (Å²) >= 11 is 0. The molecule has 0 unspecified atom stereocenters. The van der Waals surface area contributed by atoms with E-state index < -0.39 is 0 Å². The quantitative estimate of drug-likeness (QED) is 0.766. The van der Waals surface area contributed by atoms with Crippen molar-refractivity contribution < 1.29 is 9.84 Å². The zero-order valence-electron chi connectivity index (χ0n) is 17.2. The van der Waals surface area contributed by atoms with Gasteiger partial charge in [-0.1, -0.05) is 64.8 Å². The van der Waals surface area contributed by atoms with Crippen LogP contribution in [-0.2, 0) is 18.0 Å². The molecule has 2 aromatic carbocycles. The molecule has 4 heteroatoms. The Balaban J connectivity index is 0. The standard InChI is InChI=1S/C9H9NO.C8H7NO.2C3H8/c1-11-7-9-4-2-3-8(5-9)6-10;9-5-7-1-3-8(6-10)4-2-7;2*1-3-2/h2-5H,7H2,1H3;1-4,10H,6H2;2*3H2,1-2H3. The minimum absolute atomic E-state index is 0.0334. The molecule has 0 bridgehead atoms. The van der Waals surface area contributed by atoms with E-state index >= 15 is 0 Å². The molecule has 0 aromatic heterocycles. The predicted molar refractivity (Wildman–Crippen MR) is 111 cm³/mol. The van der Waals surface area contributed by atoms with Crippen LogP contribution in [0.15, 0.2) is 48.5 Å². The lowest BCUT2D eigenvalue weighted by Crippen LogP contribution is -1.87. The second-order valence-electron chi connectivity index (χ2n) is 5.63. The maximum atomic E-state index is 8.62. The summed E-state index contributed by atoms with van der Waals surface area (Å²) in [6.45, 7) is 9.10. The molecule has 0 spiro atoms. The normalized spacial score (nSPS) is 8.30. The van der Waals surface area contributed by atoms with Gasteiger partial charge in [0.15, 0.2) is 0 Å². The van der Waals surface area contributed by atoms with Gasteiger partial charge in [0.05, 0.1) is 36.5 Å². The number of benzene rings is 2. The van der Waals surface area contributed by atoms with E-state index in [4.69, 9.17) is 20.4 Å². The minimum Gasteiger partial charge on any atom is -0.392 e. The Morgan fingerprint density at radius 2 is 1.33 bits per heavy atom. The van der Waals surface area contributed by atoms with Crippen LogP contribution >= 0.6 is 0 Å². The lowest BCUT2D eigenvalue weighted by molar-refractivity contribution is 0.185. The molecule has 0 atom stereocenters. The smallest absolute Gasteiger partial charge is 0.0991 e. The third-order valence-electron chi connectivity index (χ3n) is 2.63. The van der Waals surface area contributed by atoms with Crippen molar-refractivity contribution >= 4 is 0 Å². The first kappa shape index (κ1) is 26.6. The Labute approximate surface area is 164 Å². The molecular formula is C23H32N2O2. The van der Waals surface area contributed by atoms with Gasteiger partial charge in [-0.25, -0.2) is 0 Å². The van der Waals surface area contributed by atoms with Crippen molar-refractivity contribution in [1.82, 2.24) is 0 Å². The minimum atomic E-state index is 0.0334. The van der Waals surface area contributed by atoms with Crippen LogP contribution in [-0.4, -0.2) is 12.2 Å². The molecular weight excluding hydrogens is 336 g/mol. The van der Waals surface area contributed by atoms with Gasteiger partial charge in [-0.05, 0) is 35.4 Å².